The molecule has 2 aromatic heterocycles. The van der Waals surface area contributed by atoms with Crippen LogP contribution in [0.2, 0.25) is 0 Å². The van der Waals surface area contributed by atoms with Crippen molar-refractivity contribution in [1.82, 2.24) is 24.5 Å². The highest BCUT2D eigenvalue weighted by Gasteiger charge is 2.14. The van der Waals surface area contributed by atoms with Gasteiger partial charge < -0.3 is 10.3 Å². The Labute approximate surface area is 112 Å². The zero-order valence-corrected chi connectivity index (χ0v) is 11.3. The van der Waals surface area contributed by atoms with Crippen LogP contribution in [0.25, 0.3) is 0 Å². The minimum Gasteiger partial charge on any atom is -0.396 e. The van der Waals surface area contributed by atoms with Crippen LogP contribution >= 0.6 is 0 Å². The second kappa shape index (κ2) is 5.03. The predicted octanol–water partition coefficient (Wildman–Crippen LogP) is 1.33. The molecule has 3 heterocycles. The largest absolute Gasteiger partial charge is 0.396 e. The van der Waals surface area contributed by atoms with Gasteiger partial charge in [0.25, 0.3) is 0 Å². The Morgan fingerprint density at radius 1 is 1.26 bits per heavy atom. The van der Waals surface area contributed by atoms with Gasteiger partial charge in [-0.25, -0.2) is 0 Å². The van der Waals surface area contributed by atoms with Gasteiger partial charge in [-0.05, 0) is 19.8 Å². The molecule has 0 amide bonds. The average Bonchev–Trinajstić information content (AvgIpc) is 2.82. The third kappa shape index (κ3) is 2.47. The van der Waals surface area contributed by atoms with Gasteiger partial charge in [-0.2, -0.15) is 5.10 Å². The van der Waals surface area contributed by atoms with Crippen LogP contribution in [-0.2, 0) is 25.9 Å². The summed E-state index contributed by atoms with van der Waals surface area (Å²) in [7, 11) is 0. The molecule has 0 aromatic carbocycles. The molecule has 1 aliphatic heterocycles. The van der Waals surface area contributed by atoms with E-state index in [1.807, 2.05) is 17.8 Å². The molecule has 1 aliphatic rings. The lowest BCUT2D eigenvalue weighted by Gasteiger charge is -2.06. The number of hydrogen-bond acceptors (Lipinski definition) is 4. The van der Waals surface area contributed by atoms with Crippen molar-refractivity contribution in [3.05, 3.63) is 23.5 Å². The molecule has 3 rings (SSSR count). The van der Waals surface area contributed by atoms with E-state index in [9.17, 15) is 0 Å². The molecule has 19 heavy (non-hydrogen) atoms. The molecule has 6 nitrogen and oxygen atoms in total. The lowest BCUT2D eigenvalue weighted by molar-refractivity contribution is 0.555. The Balaban J connectivity index is 1.71. The average molecular weight is 260 g/mol. The number of aromatic nitrogens is 5. The fourth-order valence-corrected chi connectivity index (χ4v) is 2.59. The summed E-state index contributed by atoms with van der Waals surface area (Å²) in [4.78, 5) is 0. The summed E-state index contributed by atoms with van der Waals surface area (Å²) >= 11 is 0. The Hall–Kier alpha value is -1.85. The van der Waals surface area contributed by atoms with Crippen LogP contribution in [0.1, 0.15) is 36.6 Å². The SMILES string of the molecule is Cc1nn(CCc2nnc3n2CCCCC3)cc1N. The lowest BCUT2D eigenvalue weighted by atomic mass is 10.2. The molecule has 0 aliphatic carbocycles. The van der Waals surface area contributed by atoms with Crippen LogP contribution in [0, 0.1) is 6.92 Å². The van der Waals surface area contributed by atoms with E-state index in [0.717, 1.165) is 49.0 Å². The number of rotatable bonds is 3. The van der Waals surface area contributed by atoms with Gasteiger partial charge in [-0.1, -0.05) is 6.42 Å². The number of aryl methyl sites for hydroxylation is 4. The summed E-state index contributed by atoms with van der Waals surface area (Å²) in [5.41, 5.74) is 7.44. The van der Waals surface area contributed by atoms with E-state index in [2.05, 4.69) is 19.9 Å². The Kier molecular flexibility index (Phi) is 3.23. The van der Waals surface area contributed by atoms with Gasteiger partial charge in [-0.15, -0.1) is 10.2 Å². The molecule has 0 saturated heterocycles. The molecule has 0 unspecified atom stereocenters. The van der Waals surface area contributed by atoms with E-state index in [1.165, 1.54) is 19.3 Å². The van der Waals surface area contributed by atoms with E-state index in [-0.39, 0.29) is 0 Å². The highest BCUT2D eigenvalue weighted by Crippen LogP contribution is 2.15. The topological polar surface area (TPSA) is 74.5 Å². The number of nitrogen functional groups attached to an aromatic ring is 1. The van der Waals surface area contributed by atoms with Crippen LogP contribution in [0.15, 0.2) is 6.20 Å². The molecular weight excluding hydrogens is 240 g/mol. The van der Waals surface area contributed by atoms with Gasteiger partial charge in [0, 0.05) is 32.1 Å². The monoisotopic (exact) mass is 260 g/mol. The molecule has 0 fully saturated rings. The molecule has 6 heteroatoms. The van der Waals surface area contributed by atoms with Crippen molar-refractivity contribution >= 4 is 5.69 Å². The van der Waals surface area contributed by atoms with E-state index in [0.29, 0.717) is 0 Å². The number of anilines is 1. The molecule has 2 aromatic rings. The first-order chi connectivity index (χ1) is 9.24. The van der Waals surface area contributed by atoms with Crippen LogP contribution in [0.4, 0.5) is 5.69 Å². The zero-order valence-electron chi connectivity index (χ0n) is 11.3. The van der Waals surface area contributed by atoms with Gasteiger partial charge in [0.15, 0.2) is 0 Å². The van der Waals surface area contributed by atoms with E-state index in [4.69, 9.17) is 5.73 Å². The maximum atomic E-state index is 5.80. The van der Waals surface area contributed by atoms with Crippen molar-refractivity contribution in [2.45, 2.75) is 52.1 Å². The summed E-state index contributed by atoms with van der Waals surface area (Å²) in [5, 5.41) is 13.0. The fraction of sp³-hybridized carbons (Fsp3) is 0.615. The Morgan fingerprint density at radius 2 is 2.16 bits per heavy atom. The maximum Gasteiger partial charge on any atom is 0.134 e. The maximum absolute atomic E-state index is 5.80. The summed E-state index contributed by atoms with van der Waals surface area (Å²) in [6, 6.07) is 0. The van der Waals surface area contributed by atoms with Gasteiger partial charge in [0.05, 0.1) is 11.4 Å². The molecule has 0 spiro atoms. The molecule has 2 N–H and O–H groups in total. The molecule has 102 valence electrons. The molecular formula is C13H20N6. The standard InChI is InChI=1S/C13H20N6/c1-10-11(14)9-18(17-10)8-6-13-16-15-12-5-3-2-4-7-19(12)13/h9H,2-8,14H2,1H3. The number of nitrogens with two attached hydrogens (primary N) is 1. The predicted molar refractivity (Wildman–Crippen MR) is 72.7 cm³/mol. The van der Waals surface area contributed by atoms with Gasteiger partial charge in [0.1, 0.15) is 11.6 Å². The second-order valence-electron chi connectivity index (χ2n) is 5.18. The summed E-state index contributed by atoms with van der Waals surface area (Å²) in [6.07, 6.45) is 7.54. The zero-order chi connectivity index (χ0) is 13.2. The quantitative estimate of drug-likeness (QED) is 0.903. The van der Waals surface area contributed by atoms with Crippen LogP contribution in [-0.4, -0.2) is 24.5 Å². The van der Waals surface area contributed by atoms with Gasteiger partial charge in [-0.3, -0.25) is 4.68 Å². The minimum atomic E-state index is 0.750. The first-order valence-corrected chi connectivity index (χ1v) is 6.94. The summed E-state index contributed by atoms with van der Waals surface area (Å²) in [5.74, 6) is 2.22. The first-order valence-electron chi connectivity index (χ1n) is 6.94. The summed E-state index contributed by atoms with van der Waals surface area (Å²) < 4.78 is 4.18. The van der Waals surface area contributed by atoms with Crippen molar-refractivity contribution in [2.24, 2.45) is 0 Å². The van der Waals surface area contributed by atoms with Crippen molar-refractivity contribution in [3.63, 3.8) is 0 Å². The van der Waals surface area contributed by atoms with Crippen LogP contribution in [0.3, 0.4) is 0 Å². The third-order valence-electron chi connectivity index (χ3n) is 3.73. The van der Waals surface area contributed by atoms with Crippen molar-refractivity contribution in [3.8, 4) is 0 Å². The molecule has 0 atom stereocenters. The first kappa shape index (κ1) is 12.2. The van der Waals surface area contributed by atoms with Crippen molar-refractivity contribution in [1.29, 1.82) is 0 Å². The lowest BCUT2D eigenvalue weighted by Crippen LogP contribution is -2.10. The smallest absolute Gasteiger partial charge is 0.134 e. The third-order valence-corrected chi connectivity index (χ3v) is 3.73. The van der Waals surface area contributed by atoms with Crippen LogP contribution in [0.5, 0.6) is 0 Å². The highest BCUT2D eigenvalue weighted by atomic mass is 15.3. The molecule has 0 bridgehead atoms. The minimum absolute atomic E-state index is 0.750. The number of nitrogens with zero attached hydrogens (tertiary/aromatic N) is 5. The number of hydrogen-bond donors (Lipinski definition) is 1. The number of fused-ring (bicyclic) bond motifs is 1. The van der Waals surface area contributed by atoms with Crippen molar-refractivity contribution < 1.29 is 0 Å². The van der Waals surface area contributed by atoms with Gasteiger partial charge in [0.2, 0.25) is 0 Å². The van der Waals surface area contributed by atoms with E-state index >= 15 is 0 Å². The van der Waals surface area contributed by atoms with Gasteiger partial charge >= 0.3 is 0 Å². The van der Waals surface area contributed by atoms with E-state index in [1.54, 1.807) is 0 Å². The van der Waals surface area contributed by atoms with E-state index < -0.39 is 0 Å². The van der Waals surface area contributed by atoms with Crippen LogP contribution < -0.4 is 5.73 Å². The summed E-state index contributed by atoms with van der Waals surface area (Å²) in [6.45, 7) is 3.78. The normalized spacial score (nSPS) is 15.2. The fourth-order valence-electron chi connectivity index (χ4n) is 2.59. The Morgan fingerprint density at radius 3 is 2.95 bits per heavy atom. The molecule has 0 saturated carbocycles. The molecule has 0 radical (unpaired) electrons. The van der Waals surface area contributed by atoms with Crippen molar-refractivity contribution in [2.75, 3.05) is 5.73 Å². The Bertz CT molecular complexity index is 548. The second-order valence-corrected chi connectivity index (χ2v) is 5.18. The highest BCUT2D eigenvalue weighted by molar-refractivity contribution is 5.39.